The van der Waals surface area contributed by atoms with Gasteiger partial charge in [0.1, 0.15) is 30.5 Å². The van der Waals surface area contributed by atoms with Gasteiger partial charge in [-0.05, 0) is 29.2 Å². The molecule has 136 valence electrons. The molecule has 0 heterocycles. The second-order valence-corrected chi connectivity index (χ2v) is 6.82. The Labute approximate surface area is 159 Å². The highest BCUT2D eigenvalue weighted by molar-refractivity contribution is 5.84. The Bertz CT molecular complexity index is 917. The van der Waals surface area contributed by atoms with Crippen LogP contribution in [0, 0.1) is 0 Å². The van der Waals surface area contributed by atoms with Gasteiger partial charge in [-0.3, -0.25) is 4.79 Å². The van der Waals surface area contributed by atoms with Gasteiger partial charge in [0.25, 0.3) is 0 Å². The number of benzene rings is 3. The lowest BCUT2D eigenvalue weighted by molar-refractivity contribution is -0.118. The lowest BCUT2D eigenvalue weighted by Gasteiger charge is -2.21. The Morgan fingerprint density at radius 2 is 1.37 bits per heavy atom. The molecular weight excluding hydrogens is 336 g/mol. The van der Waals surface area contributed by atoms with E-state index in [2.05, 4.69) is 6.07 Å². The van der Waals surface area contributed by atoms with Crippen LogP contribution in [0.3, 0.4) is 0 Å². The summed E-state index contributed by atoms with van der Waals surface area (Å²) < 4.78 is 12.1. The number of carbonyl (C=O) groups is 1. The van der Waals surface area contributed by atoms with Gasteiger partial charge in [-0.15, -0.1) is 0 Å². The molecule has 3 heteroatoms. The minimum absolute atomic E-state index is 0.269. The fourth-order valence-electron chi connectivity index (χ4n) is 3.35. The first-order valence-electron chi connectivity index (χ1n) is 9.29. The molecule has 27 heavy (non-hydrogen) atoms. The lowest BCUT2D eigenvalue weighted by atomic mass is 9.90. The van der Waals surface area contributed by atoms with Crippen molar-refractivity contribution < 1.29 is 14.3 Å². The van der Waals surface area contributed by atoms with E-state index in [0.29, 0.717) is 26.1 Å². The molecule has 0 aromatic heterocycles. The molecule has 0 bridgehead atoms. The van der Waals surface area contributed by atoms with Crippen molar-refractivity contribution in [3.05, 3.63) is 95.1 Å². The van der Waals surface area contributed by atoms with E-state index in [9.17, 15) is 4.79 Å². The van der Waals surface area contributed by atoms with Crippen LogP contribution in [0.5, 0.6) is 11.5 Å². The molecule has 0 aliphatic heterocycles. The zero-order chi connectivity index (χ0) is 18.5. The normalized spacial score (nSPS) is 13.1. The third kappa shape index (κ3) is 4.37. The van der Waals surface area contributed by atoms with Gasteiger partial charge in [0, 0.05) is 24.5 Å². The van der Waals surface area contributed by atoms with Crippen LogP contribution >= 0.6 is 0 Å². The van der Waals surface area contributed by atoms with Crippen LogP contribution in [0.15, 0.2) is 72.8 Å². The summed E-state index contributed by atoms with van der Waals surface area (Å²) in [7, 11) is 0. The van der Waals surface area contributed by atoms with Gasteiger partial charge in [-0.2, -0.15) is 0 Å². The van der Waals surface area contributed by atoms with Crippen molar-refractivity contribution in [1.29, 1.82) is 0 Å². The molecule has 4 rings (SSSR count). The Morgan fingerprint density at radius 1 is 0.741 bits per heavy atom. The smallest absolute Gasteiger partial charge is 0.137 e. The molecule has 0 unspecified atom stereocenters. The predicted molar refractivity (Wildman–Crippen MR) is 105 cm³/mol. The molecule has 0 N–H and O–H groups in total. The Balaban J connectivity index is 1.56. The van der Waals surface area contributed by atoms with Crippen molar-refractivity contribution in [2.45, 2.75) is 32.5 Å². The molecule has 0 saturated carbocycles. The van der Waals surface area contributed by atoms with Crippen LogP contribution in [0.25, 0.3) is 0 Å². The van der Waals surface area contributed by atoms with E-state index in [1.54, 1.807) is 0 Å². The maximum Gasteiger partial charge on any atom is 0.137 e. The minimum Gasteiger partial charge on any atom is -0.489 e. The quantitative estimate of drug-likeness (QED) is 0.628. The Morgan fingerprint density at radius 3 is 2.04 bits per heavy atom. The van der Waals surface area contributed by atoms with Crippen molar-refractivity contribution in [3.63, 3.8) is 0 Å². The summed E-state index contributed by atoms with van der Waals surface area (Å²) in [5.41, 5.74) is 4.39. The number of ketones is 1. The van der Waals surface area contributed by atoms with Gasteiger partial charge < -0.3 is 9.47 Å². The summed E-state index contributed by atoms with van der Waals surface area (Å²) in [6.45, 7) is 0.986. The molecule has 0 saturated heterocycles. The molecule has 0 spiro atoms. The topological polar surface area (TPSA) is 35.5 Å². The second-order valence-electron chi connectivity index (χ2n) is 6.82. The molecule has 0 radical (unpaired) electrons. The van der Waals surface area contributed by atoms with Gasteiger partial charge in [0.2, 0.25) is 0 Å². The Hall–Kier alpha value is -3.07. The molecule has 3 nitrogen and oxygen atoms in total. The fraction of sp³-hybridized carbons (Fsp3) is 0.208. The molecule has 1 aliphatic carbocycles. The summed E-state index contributed by atoms with van der Waals surface area (Å²) >= 11 is 0. The fourth-order valence-corrected chi connectivity index (χ4v) is 3.35. The maximum absolute atomic E-state index is 12.0. The first-order valence-corrected chi connectivity index (χ1v) is 9.29. The number of hydrogen-bond donors (Lipinski definition) is 0. The van der Waals surface area contributed by atoms with Crippen molar-refractivity contribution >= 4 is 5.78 Å². The average Bonchev–Trinajstić information content (AvgIpc) is 2.72. The van der Waals surface area contributed by atoms with Crippen LogP contribution < -0.4 is 9.47 Å². The number of rotatable bonds is 6. The maximum atomic E-state index is 12.0. The monoisotopic (exact) mass is 358 g/mol. The molecule has 0 atom stereocenters. The van der Waals surface area contributed by atoms with Crippen LogP contribution in [-0.2, 0) is 30.8 Å². The van der Waals surface area contributed by atoms with Crippen molar-refractivity contribution in [2.24, 2.45) is 0 Å². The lowest BCUT2D eigenvalue weighted by Crippen LogP contribution is -2.15. The molecule has 3 aromatic carbocycles. The van der Waals surface area contributed by atoms with Gasteiger partial charge in [-0.1, -0.05) is 60.7 Å². The first kappa shape index (κ1) is 17.3. The number of ether oxygens (including phenoxy) is 2. The van der Waals surface area contributed by atoms with E-state index in [4.69, 9.17) is 9.47 Å². The van der Waals surface area contributed by atoms with Crippen LogP contribution in [0.4, 0.5) is 0 Å². The summed E-state index contributed by atoms with van der Waals surface area (Å²) in [5, 5.41) is 0. The van der Waals surface area contributed by atoms with Crippen molar-refractivity contribution in [1.82, 2.24) is 0 Å². The molecule has 0 amide bonds. The number of carbonyl (C=O) groups excluding carboxylic acids is 1. The predicted octanol–water partition coefficient (Wildman–Crippen LogP) is 4.90. The van der Waals surface area contributed by atoms with E-state index in [1.807, 2.05) is 66.7 Å². The van der Waals surface area contributed by atoms with E-state index in [-0.39, 0.29) is 5.78 Å². The Kier molecular flexibility index (Phi) is 5.20. The number of hydrogen-bond acceptors (Lipinski definition) is 3. The zero-order valence-electron chi connectivity index (χ0n) is 15.2. The van der Waals surface area contributed by atoms with Crippen molar-refractivity contribution in [3.8, 4) is 11.5 Å². The van der Waals surface area contributed by atoms with Crippen molar-refractivity contribution in [2.75, 3.05) is 0 Å². The van der Waals surface area contributed by atoms with Crippen LogP contribution in [0.1, 0.15) is 28.7 Å². The van der Waals surface area contributed by atoms with Gasteiger partial charge >= 0.3 is 0 Å². The number of aryl methyl sites for hydroxylation is 1. The van der Waals surface area contributed by atoms with Gasteiger partial charge in [0.05, 0.1) is 0 Å². The van der Waals surface area contributed by atoms with E-state index in [1.165, 1.54) is 0 Å². The standard InChI is InChI=1S/C24H22O3/c25-21-12-11-20-13-22(26-16-18-7-3-1-4-8-18)15-24(23(20)14-21)27-17-19-9-5-2-6-10-19/h1-10,13,15H,11-12,14,16-17H2. The summed E-state index contributed by atoms with van der Waals surface area (Å²) in [6, 6.07) is 24.1. The van der Waals surface area contributed by atoms with Gasteiger partial charge in [0.15, 0.2) is 0 Å². The average molecular weight is 358 g/mol. The number of Topliss-reactive ketones (excluding diaryl/α,β-unsaturated/α-hetero) is 1. The van der Waals surface area contributed by atoms with Gasteiger partial charge in [-0.25, -0.2) is 0 Å². The molecule has 0 fully saturated rings. The number of fused-ring (bicyclic) bond motifs is 1. The highest BCUT2D eigenvalue weighted by Crippen LogP contribution is 2.34. The zero-order valence-corrected chi connectivity index (χ0v) is 15.2. The summed E-state index contributed by atoms with van der Waals surface area (Å²) in [6.07, 6.45) is 1.78. The van der Waals surface area contributed by atoms with Crippen LogP contribution in [-0.4, -0.2) is 5.78 Å². The highest BCUT2D eigenvalue weighted by atomic mass is 16.5. The highest BCUT2D eigenvalue weighted by Gasteiger charge is 2.21. The summed E-state index contributed by atoms with van der Waals surface area (Å²) in [4.78, 5) is 12.0. The van der Waals surface area contributed by atoms with E-state index < -0.39 is 0 Å². The van der Waals surface area contributed by atoms with Crippen LogP contribution in [0.2, 0.25) is 0 Å². The minimum atomic E-state index is 0.269. The van der Waals surface area contributed by atoms with E-state index in [0.717, 1.165) is 40.2 Å². The molecular formula is C24H22O3. The molecule has 3 aromatic rings. The third-order valence-electron chi connectivity index (χ3n) is 4.81. The SMILES string of the molecule is O=C1CCc2cc(OCc3ccccc3)cc(OCc3ccccc3)c2C1. The third-order valence-corrected chi connectivity index (χ3v) is 4.81. The van der Waals surface area contributed by atoms with E-state index >= 15 is 0 Å². The largest absolute Gasteiger partial charge is 0.489 e. The summed E-state index contributed by atoms with van der Waals surface area (Å²) in [5.74, 6) is 1.81. The first-order chi connectivity index (χ1) is 13.3. The molecule has 1 aliphatic rings. The second kappa shape index (κ2) is 8.09.